The van der Waals surface area contributed by atoms with Gasteiger partial charge in [-0.15, -0.1) is 11.3 Å². The number of thiophene rings is 1. The van der Waals surface area contributed by atoms with Crippen LogP contribution >= 0.6 is 23.1 Å². The van der Waals surface area contributed by atoms with Gasteiger partial charge in [-0.25, -0.2) is 14.8 Å². The second kappa shape index (κ2) is 7.84. The molecular formula is C18H19N3O2S2. The molecule has 7 heteroatoms. The Morgan fingerprint density at radius 1 is 1.32 bits per heavy atom. The number of hydrogen-bond acceptors (Lipinski definition) is 6. The van der Waals surface area contributed by atoms with Gasteiger partial charge in [-0.05, 0) is 30.9 Å². The lowest BCUT2D eigenvalue weighted by atomic mass is 10.1. The van der Waals surface area contributed by atoms with Crippen molar-refractivity contribution in [1.29, 1.82) is 0 Å². The largest absolute Gasteiger partial charge is 0.480 e. The zero-order valence-corrected chi connectivity index (χ0v) is 15.7. The van der Waals surface area contributed by atoms with Gasteiger partial charge in [0.05, 0.1) is 5.39 Å². The maximum atomic E-state index is 11.6. The third kappa shape index (κ3) is 3.93. The van der Waals surface area contributed by atoms with Crippen LogP contribution in [0.1, 0.15) is 12.2 Å². The van der Waals surface area contributed by atoms with Gasteiger partial charge < -0.3 is 10.4 Å². The molecule has 0 spiro atoms. The van der Waals surface area contributed by atoms with Gasteiger partial charge >= 0.3 is 5.97 Å². The van der Waals surface area contributed by atoms with Crippen LogP contribution in [0.25, 0.3) is 21.3 Å². The zero-order valence-electron chi connectivity index (χ0n) is 14.0. The van der Waals surface area contributed by atoms with Crippen molar-refractivity contribution in [2.45, 2.75) is 19.4 Å². The van der Waals surface area contributed by atoms with Crippen LogP contribution in [0.5, 0.6) is 0 Å². The topological polar surface area (TPSA) is 75.1 Å². The number of benzene rings is 1. The molecule has 0 aliphatic rings. The maximum absolute atomic E-state index is 11.6. The first-order valence-electron chi connectivity index (χ1n) is 7.89. The molecule has 1 aromatic carbocycles. The maximum Gasteiger partial charge on any atom is 0.326 e. The third-order valence-corrected chi connectivity index (χ3v) is 5.37. The average Bonchev–Trinajstić information content (AvgIpc) is 3.02. The molecule has 130 valence electrons. The molecule has 0 aliphatic heterocycles. The van der Waals surface area contributed by atoms with Crippen LogP contribution < -0.4 is 5.32 Å². The van der Waals surface area contributed by atoms with E-state index in [0.29, 0.717) is 18.1 Å². The van der Waals surface area contributed by atoms with Crippen LogP contribution in [-0.4, -0.2) is 39.1 Å². The summed E-state index contributed by atoms with van der Waals surface area (Å²) in [5.41, 5.74) is 2.09. The van der Waals surface area contributed by atoms with Crippen molar-refractivity contribution >= 4 is 45.1 Å². The van der Waals surface area contributed by atoms with E-state index in [1.807, 2.05) is 43.5 Å². The fraction of sp³-hybridized carbons (Fsp3) is 0.278. The van der Waals surface area contributed by atoms with Crippen LogP contribution in [0, 0.1) is 6.92 Å². The summed E-state index contributed by atoms with van der Waals surface area (Å²) in [6.07, 6.45) is 2.50. The van der Waals surface area contributed by atoms with Crippen LogP contribution in [0.4, 0.5) is 5.82 Å². The number of carboxylic acid groups (broad SMARTS) is 1. The van der Waals surface area contributed by atoms with Gasteiger partial charge in [0.2, 0.25) is 0 Å². The zero-order chi connectivity index (χ0) is 17.8. The summed E-state index contributed by atoms with van der Waals surface area (Å²) in [5, 5.41) is 15.6. The smallest absolute Gasteiger partial charge is 0.326 e. The van der Waals surface area contributed by atoms with Gasteiger partial charge in [0.1, 0.15) is 22.5 Å². The molecule has 5 nitrogen and oxygen atoms in total. The number of carbonyl (C=O) groups is 1. The van der Waals surface area contributed by atoms with E-state index in [9.17, 15) is 9.90 Å². The van der Waals surface area contributed by atoms with Gasteiger partial charge in [0.25, 0.3) is 0 Å². The van der Waals surface area contributed by atoms with Crippen molar-refractivity contribution in [3.8, 4) is 11.1 Å². The number of nitrogens with one attached hydrogen (secondary N) is 1. The lowest BCUT2D eigenvalue weighted by molar-refractivity contribution is -0.137. The molecule has 0 saturated carbocycles. The van der Waals surface area contributed by atoms with Gasteiger partial charge in [-0.2, -0.15) is 11.8 Å². The minimum atomic E-state index is -0.866. The number of carboxylic acids is 1. The Labute approximate surface area is 154 Å². The Kier molecular flexibility index (Phi) is 5.55. The van der Waals surface area contributed by atoms with E-state index >= 15 is 0 Å². The monoisotopic (exact) mass is 373 g/mol. The molecule has 2 heterocycles. The predicted molar refractivity (Wildman–Crippen MR) is 106 cm³/mol. The Hall–Kier alpha value is -2.12. The number of aliphatic carboxylic acids is 1. The molecule has 1 atom stereocenters. The quantitative estimate of drug-likeness (QED) is 0.644. The van der Waals surface area contributed by atoms with Gasteiger partial charge in [0.15, 0.2) is 0 Å². The van der Waals surface area contributed by atoms with E-state index in [1.54, 1.807) is 23.1 Å². The van der Waals surface area contributed by atoms with Crippen molar-refractivity contribution in [2.75, 3.05) is 17.3 Å². The van der Waals surface area contributed by atoms with Crippen LogP contribution in [0.3, 0.4) is 0 Å². The van der Waals surface area contributed by atoms with Crippen molar-refractivity contribution in [3.05, 3.63) is 41.5 Å². The Bertz CT molecular complexity index is 881. The Balaban J connectivity index is 2.07. The van der Waals surface area contributed by atoms with Crippen LogP contribution in [0.2, 0.25) is 0 Å². The molecule has 0 bridgehead atoms. The highest BCUT2D eigenvalue weighted by Crippen LogP contribution is 2.37. The average molecular weight is 374 g/mol. The molecule has 2 aromatic heterocycles. The summed E-state index contributed by atoms with van der Waals surface area (Å²) in [5.74, 6) is 1.13. The minimum absolute atomic E-state index is 0.534. The first kappa shape index (κ1) is 17.7. The van der Waals surface area contributed by atoms with E-state index in [1.165, 1.54) is 0 Å². The first-order valence-corrected chi connectivity index (χ1v) is 10.2. The van der Waals surface area contributed by atoms with E-state index < -0.39 is 12.0 Å². The molecule has 0 radical (unpaired) electrons. The normalized spacial score (nSPS) is 12.2. The molecule has 0 amide bonds. The highest BCUT2D eigenvalue weighted by Gasteiger charge is 2.21. The predicted octanol–water partition coefficient (Wildman–Crippen LogP) is 4.28. The summed E-state index contributed by atoms with van der Waals surface area (Å²) >= 11 is 3.18. The SMILES string of the molecule is CSCCC(Nc1nc(C)nc2scc(-c3ccccc3)c12)C(=O)O. The fourth-order valence-electron chi connectivity index (χ4n) is 2.64. The highest BCUT2D eigenvalue weighted by molar-refractivity contribution is 7.98. The number of fused-ring (bicyclic) bond motifs is 1. The lowest BCUT2D eigenvalue weighted by Gasteiger charge is -2.16. The van der Waals surface area contributed by atoms with Crippen molar-refractivity contribution < 1.29 is 9.90 Å². The summed E-state index contributed by atoms with van der Waals surface area (Å²) in [4.78, 5) is 21.5. The van der Waals surface area contributed by atoms with Crippen LogP contribution in [-0.2, 0) is 4.79 Å². The molecule has 25 heavy (non-hydrogen) atoms. The molecular weight excluding hydrogens is 354 g/mol. The lowest BCUT2D eigenvalue weighted by Crippen LogP contribution is -2.30. The van der Waals surface area contributed by atoms with Crippen LogP contribution in [0.15, 0.2) is 35.7 Å². The van der Waals surface area contributed by atoms with Gasteiger partial charge in [0, 0.05) is 10.9 Å². The minimum Gasteiger partial charge on any atom is -0.480 e. The molecule has 3 aromatic rings. The third-order valence-electron chi connectivity index (χ3n) is 3.85. The number of rotatable bonds is 7. The summed E-state index contributed by atoms with van der Waals surface area (Å²) < 4.78 is 0. The highest BCUT2D eigenvalue weighted by atomic mass is 32.2. The number of aryl methyl sites for hydroxylation is 1. The van der Waals surface area contributed by atoms with E-state index in [2.05, 4.69) is 20.7 Å². The van der Waals surface area contributed by atoms with Crippen molar-refractivity contribution in [1.82, 2.24) is 9.97 Å². The fourth-order valence-corrected chi connectivity index (χ4v) is 4.11. The summed E-state index contributed by atoms with van der Waals surface area (Å²) in [6.45, 7) is 1.82. The molecule has 3 rings (SSSR count). The van der Waals surface area contributed by atoms with E-state index in [0.717, 1.165) is 27.1 Å². The Morgan fingerprint density at radius 3 is 2.76 bits per heavy atom. The summed E-state index contributed by atoms with van der Waals surface area (Å²) in [6, 6.07) is 9.34. The van der Waals surface area contributed by atoms with Crippen molar-refractivity contribution in [3.63, 3.8) is 0 Å². The summed E-state index contributed by atoms with van der Waals surface area (Å²) in [7, 11) is 0. The number of nitrogens with zero attached hydrogens (tertiary/aromatic N) is 2. The standard InChI is InChI=1S/C18H19N3O2S2/c1-11-19-16(21-14(18(22)23)8-9-24-2)15-13(10-25-17(15)20-11)12-6-4-3-5-7-12/h3-7,10,14H,8-9H2,1-2H3,(H,22,23)(H,19,20,21). The second-order valence-electron chi connectivity index (χ2n) is 5.63. The number of aromatic nitrogens is 2. The van der Waals surface area contributed by atoms with Gasteiger partial charge in [-0.1, -0.05) is 30.3 Å². The molecule has 0 saturated heterocycles. The molecule has 2 N–H and O–H groups in total. The van der Waals surface area contributed by atoms with E-state index in [4.69, 9.17) is 0 Å². The molecule has 1 unspecified atom stereocenters. The first-order chi connectivity index (χ1) is 12.1. The number of anilines is 1. The second-order valence-corrected chi connectivity index (χ2v) is 7.48. The Morgan fingerprint density at radius 2 is 2.08 bits per heavy atom. The van der Waals surface area contributed by atoms with Gasteiger partial charge in [-0.3, -0.25) is 0 Å². The van der Waals surface area contributed by atoms with Crippen molar-refractivity contribution in [2.24, 2.45) is 0 Å². The number of thioether (sulfide) groups is 1. The van der Waals surface area contributed by atoms with E-state index in [-0.39, 0.29) is 0 Å². The molecule has 0 fully saturated rings. The molecule has 0 aliphatic carbocycles. The number of hydrogen-bond donors (Lipinski definition) is 2.